The van der Waals surface area contributed by atoms with E-state index in [4.69, 9.17) is 9.47 Å². The molecule has 6 nitrogen and oxygen atoms in total. The molecule has 2 aliphatic heterocycles. The van der Waals surface area contributed by atoms with E-state index >= 15 is 0 Å². The predicted molar refractivity (Wildman–Crippen MR) is 117 cm³/mol. The highest BCUT2D eigenvalue weighted by molar-refractivity contribution is 6.07. The topological polar surface area (TPSA) is 96.2 Å². The molecule has 162 valence electrons. The number of phenolic OH excluding ortho intramolecular Hbond substituents is 1. The summed E-state index contributed by atoms with van der Waals surface area (Å²) >= 11 is 0. The quantitative estimate of drug-likeness (QED) is 0.650. The van der Waals surface area contributed by atoms with Gasteiger partial charge in [-0.2, -0.15) is 0 Å². The molecule has 0 unspecified atom stereocenters. The molecule has 2 aromatic rings. The van der Waals surface area contributed by atoms with Crippen molar-refractivity contribution < 1.29 is 29.6 Å². The molecule has 4 rings (SSSR count). The molecule has 0 aliphatic carbocycles. The van der Waals surface area contributed by atoms with Gasteiger partial charge >= 0.3 is 0 Å². The average molecular weight is 422 g/mol. The van der Waals surface area contributed by atoms with Gasteiger partial charge in [0, 0.05) is 12.0 Å². The van der Waals surface area contributed by atoms with Crippen LogP contribution in [-0.4, -0.2) is 38.9 Å². The summed E-state index contributed by atoms with van der Waals surface area (Å²) < 4.78 is 12.3. The maximum Gasteiger partial charge on any atom is 0.202 e. The van der Waals surface area contributed by atoms with Crippen molar-refractivity contribution in [1.29, 1.82) is 0 Å². The Morgan fingerprint density at radius 3 is 2.55 bits per heavy atom. The SMILES string of the molecule is C=C(C)[C@@H](O)Cc1c2c(c(O)c3c1O[C@H](c1ccccc1)[C@@H](O)C3=O)C=CC(C)(C)O2. The molecule has 0 aromatic heterocycles. The monoisotopic (exact) mass is 422 g/mol. The van der Waals surface area contributed by atoms with Crippen molar-refractivity contribution in [1.82, 2.24) is 0 Å². The molecule has 31 heavy (non-hydrogen) atoms. The van der Waals surface area contributed by atoms with Gasteiger partial charge in [0.05, 0.1) is 11.7 Å². The third kappa shape index (κ3) is 3.62. The standard InChI is InChI=1S/C25H26O6/c1-13(2)17(26)12-16-23-15(10-11-25(3,4)31-23)19(27)18-20(28)21(29)22(30-24(16)18)14-8-6-5-7-9-14/h5-11,17,21-22,26-27,29H,1,12H2,2-4H3/t17-,21-,22+/m0/s1. The van der Waals surface area contributed by atoms with Crippen molar-refractivity contribution >= 4 is 11.9 Å². The molecular weight excluding hydrogens is 396 g/mol. The Balaban J connectivity index is 1.95. The molecule has 2 aliphatic rings. The smallest absolute Gasteiger partial charge is 0.202 e. The lowest BCUT2D eigenvalue weighted by atomic mass is 9.86. The highest BCUT2D eigenvalue weighted by atomic mass is 16.5. The number of aliphatic hydroxyl groups excluding tert-OH is 2. The van der Waals surface area contributed by atoms with E-state index in [0.29, 0.717) is 28.0 Å². The molecule has 0 saturated heterocycles. The Kier molecular flexibility index (Phi) is 5.15. The van der Waals surface area contributed by atoms with Crippen LogP contribution in [0.1, 0.15) is 53.9 Å². The van der Waals surface area contributed by atoms with Crippen molar-refractivity contribution in [3.63, 3.8) is 0 Å². The number of rotatable bonds is 4. The highest BCUT2D eigenvalue weighted by Crippen LogP contribution is 2.51. The maximum absolute atomic E-state index is 13.2. The third-order valence-corrected chi connectivity index (χ3v) is 5.67. The first-order chi connectivity index (χ1) is 14.6. The van der Waals surface area contributed by atoms with Crippen LogP contribution in [0.3, 0.4) is 0 Å². The number of benzene rings is 2. The molecule has 0 bridgehead atoms. The van der Waals surface area contributed by atoms with Crippen molar-refractivity contribution in [3.05, 3.63) is 70.8 Å². The molecule has 3 atom stereocenters. The Morgan fingerprint density at radius 1 is 1.23 bits per heavy atom. The fraction of sp³-hybridized carbons (Fsp3) is 0.320. The Labute approximate surface area is 181 Å². The van der Waals surface area contributed by atoms with Crippen LogP contribution in [0.15, 0.2) is 48.6 Å². The second-order valence-electron chi connectivity index (χ2n) is 8.64. The molecular formula is C25H26O6. The van der Waals surface area contributed by atoms with E-state index in [1.807, 2.05) is 19.9 Å². The summed E-state index contributed by atoms with van der Waals surface area (Å²) in [6.07, 6.45) is 0.200. The van der Waals surface area contributed by atoms with Gasteiger partial charge < -0.3 is 24.8 Å². The van der Waals surface area contributed by atoms with Gasteiger partial charge in [-0.3, -0.25) is 4.79 Å². The highest BCUT2D eigenvalue weighted by Gasteiger charge is 2.43. The zero-order chi connectivity index (χ0) is 22.5. The number of ketones is 1. The van der Waals surface area contributed by atoms with E-state index in [-0.39, 0.29) is 23.5 Å². The molecule has 0 amide bonds. The molecule has 0 radical (unpaired) electrons. The van der Waals surface area contributed by atoms with Gasteiger partial charge in [-0.1, -0.05) is 42.5 Å². The van der Waals surface area contributed by atoms with Gasteiger partial charge in [0.15, 0.2) is 12.2 Å². The van der Waals surface area contributed by atoms with Crippen molar-refractivity contribution in [2.24, 2.45) is 0 Å². The van der Waals surface area contributed by atoms with Crippen LogP contribution >= 0.6 is 0 Å². The van der Waals surface area contributed by atoms with Crippen LogP contribution in [0, 0.1) is 0 Å². The van der Waals surface area contributed by atoms with Gasteiger partial charge in [0.2, 0.25) is 5.78 Å². The predicted octanol–water partition coefficient (Wildman–Crippen LogP) is 3.73. The van der Waals surface area contributed by atoms with Gasteiger partial charge in [0.25, 0.3) is 0 Å². The minimum atomic E-state index is -1.48. The molecule has 2 aromatic carbocycles. The number of aliphatic hydroxyl groups is 2. The summed E-state index contributed by atoms with van der Waals surface area (Å²) in [4.78, 5) is 13.2. The normalized spacial score (nSPS) is 22.0. The number of fused-ring (bicyclic) bond motifs is 2. The van der Waals surface area contributed by atoms with Crippen LogP contribution in [0.2, 0.25) is 0 Å². The van der Waals surface area contributed by atoms with Gasteiger partial charge in [-0.05, 0) is 38.5 Å². The second-order valence-corrected chi connectivity index (χ2v) is 8.64. The van der Waals surface area contributed by atoms with E-state index < -0.39 is 29.7 Å². The summed E-state index contributed by atoms with van der Waals surface area (Å²) in [7, 11) is 0. The summed E-state index contributed by atoms with van der Waals surface area (Å²) in [5, 5.41) is 32.2. The summed E-state index contributed by atoms with van der Waals surface area (Å²) in [6.45, 7) is 9.25. The van der Waals surface area contributed by atoms with E-state index in [2.05, 4.69) is 6.58 Å². The second kappa shape index (κ2) is 7.55. The summed E-state index contributed by atoms with van der Waals surface area (Å²) in [6, 6.07) is 8.92. The van der Waals surface area contributed by atoms with Crippen LogP contribution < -0.4 is 9.47 Å². The van der Waals surface area contributed by atoms with Gasteiger partial charge in [0.1, 0.15) is 28.4 Å². The van der Waals surface area contributed by atoms with E-state index in [1.165, 1.54) is 0 Å². The van der Waals surface area contributed by atoms with E-state index in [1.54, 1.807) is 43.3 Å². The van der Waals surface area contributed by atoms with Crippen molar-refractivity contribution in [2.75, 3.05) is 0 Å². The molecule has 0 saturated carbocycles. The molecule has 3 N–H and O–H groups in total. The average Bonchev–Trinajstić information content (AvgIpc) is 2.72. The zero-order valence-corrected chi connectivity index (χ0v) is 17.8. The number of phenols is 1. The van der Waals surface area contributed by atoms with Crippen LogP contribution in [0.25, 0.3) is 6.08 Å². The maximum atomic E-state index is 13.2. The Morgan fingerprint density at radius 2 is 1.90 bits per heavy atom. The Hall–Kier alpha value is -3.09. The first-order valence-corrected chi connectivity index (χ1v) is 10.2. The van der Waals surface area contributed by atoms with E-state index in [0.717, 1.165) is 0 Å². The van der Waals surface area contributed by atoms with Gasteiger partial charge in [-0.15, -0.1) is 0 Å². The summed E-state index contributed by atoms with van der Waals surface area (Å²) in [5.74, 6) is -0.479. The van der Waals surface area contributed by atoms with Crippen LogP contribution in [-0.2, 0) is 6.42 Å². The number of ether oxygens (including phenoxy) is 2. The van der Waals surface area contributed by atoms with Crippen molar-refractivity contribution in [2.45, 2.75) is 51.1 Å². The molecule has 0 fully saturated rings. The lowest BCUT2D eigenvalue weighted by Crippen LogP contribution is -2.37. The number of carbonyl (C=O) groups is 1. The lowest BCUT2D eigenvalue weighted by Gasteiger charge is -2.36. The molecule has 6 heteroatoms. The largest absolute Gasteiger partial charge is 0.506 e. The minimum absolute atomic E-state index is 0.0785. The molecule has 2 heterocycles. The van der Waals surface area contributed by atoms with E-state index in [9.17, 15) is 20.1 Å². The van der Waals surface area contributed by atoms with Gasteiger partial charge in [-0.25, -0.2) is 0 Å². The first-order valence-electron chi connectivity index (χ1n) is 10.2. The lowest BCUT2D eigenvalue weighted by molar-refractivity contribution is 0.0200. The van der Waals surface area contributed by atoms with Crippen molar-refractivity contribution in [3.8, 4) is 17.2 Å². The zero-order valence-electron chi connectivity index (χ0n) is 17.8. The molecule has 0 spiro atoms. The number of hydrogen-bond donors (Lipinski definition) is 3. The third-order valence-electron chi connectivity index (χ3n) is 5.67. The number of Topliss-reactive ketones (excluding diaryl/α,β-unsaturated/α-hetero) is 1. The fourth-order valence-electron chi connectivity index (χ4n) is 3.90. The van der Waals surface area contributed by atoms with Crippen LogP contribution in [0.5, 0.6) is 17.2 Å². The van der Waals surface area contributed by atoms with Crippen LogP contribution in [0.4, 0.5) is 0 Å². The number of aromatic hydroxyl groups is 1. The number of hydrogen-bond acceptors (Lipinski definition) is 6. The fourth-order valence-corrected chi connectivity index (χ4v) is 3.90. The summed E-state index contributed by atoms with van der Waals surface area (Å²) in [5.41, 5.74) is 1.19. The Bertz CT molecular complexity index is 1080. The minimum Gasteiger partial charge on any atom is -0.506 e. The first kappa shape index (κ1) is 21.2. The number of carbonyl (C=O) groups excluding carboxylic acids is 1.